The van der Waals surface area contributed by atoms with Gasteiger partial charge in [-0.1, -0.05) is 0 Å². The summed E-state index contributed by atoms with van der Waals surface area (Å²) in [7, 11) is 1.92. The molecule has 2 fully saturated rings. The van der Waals surface area contributed by atoms with Crippen LogP contribution in [-0.2, 0) is 10.3 Å². The largest absolute Gasteiger partial charge is 0.381 e. The van der Waals surface area contributed by atoms with E-state index in [1.165, 1.54) is 6.42 Å². The number of nitrogens with one attached hydrogen (secondary N) is 1. The van der Waals surface area contributed by atoms with E-state index in [1.807, 2.05) is 20.0 Å². The summed E-state index contributed by atoms with van der Waals surface area (Å²) >= 11 is 0. The molecule has 21 heavy (non-hydrogen) atoms. The second-order valence-electron chi connectivity index (χ2n) is 6.38. The van der Waals surface area contributed by atoms with E-state index in [9.17, 15) is 0 Å². The van der Waals surface area contributed by atoms with Gasteiger partial charge in [0.2, 0.25) is 0 Å². The number of ether oxygens (including phenoxy) is 1. The average Bonchev–Trinajstić information content (AvgIpc) is 2.91. The molecule has 5 heteroatoms. The number of aromatic nitrogens is 2. The molecular formula is C16H26N4O. The second-order valence-corrected chi connectivity index (χ2v) is 6.38. The van der Waals surface area contributed by atoms with E-state index in [4.69, 9.17) is 14.7 Å². The van der Waals surface area contributed by atoms with E-state index in [1.54, 1.807) is 0 Å². The molecule has 1 aromatic heterocycles. The molecule has 1 atom stereocenters. The minimum absolute atomic E-state index is 0.0420. The van der Waals surface area contributed by atoms with E-state index in [0.717, 1.165) is 56.4 Å². The van der Waals surface area contributed by atoms with Gasteiger partial charge in [-0.2, -0.15) is 0 Å². The van der Waals surface area contributed by atoms with Gasteiger partial charge in [-0.3, -0.25) is 4.90 Å². The van der Waals surface area contributed by atoms with Crippen molar-refractivity contribution in [2.24, 2.45) is 0 Å². The van der Waals surface area contributed by atoms with Gasteiger partial charge in [0.05, 0.1) is 5.54 Å². The Labute approximate surface area is 127 Å². The molecule has 3 rings (SSSR count). The summed E-state index contributed by atoms with van der Waals surface area (Å²) in [6, 6.07) is 2.61. The summed E-state index contributed by atoms with van der Waals surface area (Å²) in [5.41, 5.74) is 0.990. The van der Waals surface area contributed by atoms with Crippen molar-refractivity contribution in [3.8, 4) is 0 Å². The number of hydrogen-bond acceptors (Lipinski definition) is 5. The first-order chi connectivity index (χ1) is 10.1. The molecule has 0 aliphatic carbocycles. The number of anilines is 1. The van der Waals surface area contributed by atoms with Crippen LogP contribution in [0.5, 0.6) is 0 Å². The minimum atomic E-state index is -0.0420. The summed E-state index contributed by atoms with van der Waals surface area (Å²) in [6.45, 7) is 7.27. The molecule has 2 saturated heterocycles. The van der Waals surface area contributed by atoms with Gasteiger partial charge in [0, 0.05) is 38.1 Å². The molecule has 3 heterocycles. The fourth-order valence-corrected chi connectivity index (χ4v) is 3.74. The molecule has 0 radical (unpaired) electrons. The number of aryl methyl sites for hydroxylation is 1. The fourth-order valence-electron chi connectivity index (χ4n) is 3.74. The highest BCUT2D eigenvalue weighted by Crippen LogP contribution is 2.40. The van der Waals surface area contributed by atoms with Crippen molar-refractivity contribution in [1.29, 1.82) is 0 Å². The molecule has 1 unspecified atom stereocenters. The summed E-state index contributed by atoms with van der Waals surface area (Å²) in [5.74, 6) is 1.88. The molecule has 0 saturated carbocycles. The van der Waals surface area contributed by atoms with Crippen LogP contribution in [0.2, 0.25) is 0 Å². The van der Waals surface area contributed by atoms with E-state index >= 15 is 0 Å². The van der Waals surface area contributed by atoms with Crippen molar-refractivity contribution < 1.29 is 4.74 Å². The maximum atomic E-state index is 5.52. The zero-order valence-corrected chi connectivity index (χ0v) is 13.4. The second kappa shape index (κ2) is 5.89. The Kier molecular flexibility index (Phi) is 4.13. The van der Waals surface area contributed by atoms with Crippen LogP contribution < -0.4 is 5.32 Å². The van der Waals surface area contributed by atoms with Crippen LogP contribution in [0.3, 0.4) is 0 Å². The molecule has 5 nitrogen and oxygen atoms in total. The normalized spacial score (nSPS) is 28.0. The van der Waals surface area contributed by atoms with Gasteiger partial charge in [-0.25, -0.2) is 9.97 Å². The Bertz CT molecular complexity index is 501. The van der Waals surface area contributed by atoms with Crippen molar-refractivity contribution in [3.05, 3.63) is 17.6 Å². The van der Waals surface area contributed by atoms with Gasteiger partial charge < -0.3 is 10.1 Å². The van der Waals surface area contributed by atoms with Gasteiger partial charge in [-0.15, -0.1) is 0 Å². The third kappa shape index (κ3) is 2.77. The first-order valence-corrected chi connectivity index (χ1v) is 8.02. The lowest BCUT2D eigenvalue weighted by atomic mass is 9.94. The van der Waals surface area contributed by atoms with Crippen LogP contribution in [0.1, 0.15) is 44.1 Å². The number of hydrogen-bond donors (Lipinski definition) is 1. The molecular weight excluding hydrogens is 264 g/mol. The van der Waals surface area contributed by atoms with Crippen LogP contribution in [0.15, 0.2) is 6.07 Å². The van der Waals surface area contributed by atoms with Crippen LogP contribution in [-0.4, -0.2) is 47.7 Å². The Morgan fingerprint density at radius 1 is 1.33 bits per heavy atom. The van der Waals surface area contributed by atoms with Gasteiger partial charge in [0.15, 0.2) is 5.82 Å². The van der Waals surface area contributed by atoms with Crippen molar-refractivity contribution in [2.75, 3.05) is 32.1 Å². The minimum Gasteiger partial charge on any atom is -0.381 e. The lowest BCUT2D eigenvalue weighted by molar-refractivity contribution is 0.00201. The Morgan fingerprint density at radius 3 is 2.81 bits per heavy atom. The number of nitrogens with zero attached hydrogens (tertiary/aromatic N) is 3. The summed E-state index contributed by atoms with van der Waals surface area (Å²) < 4.78 is 5.52. The Morgan fingerprint density at radius 2 is 2.10 bits per heavy atom. The zero-order valence-electron chi connectivity index (χ0n) is 13.4. The van der Waals surface area contributed by atoms with Crippen molar-refractivity contribution in [2.45, 2.75) is 51.1 Å². The quantitative estimate of drug-likeness (QED) is 0.926. The monoisotopic (exact) mass is 290 g/mol. The van der Waals surface area contributed by atoms with Crippen LogP contribution in [0.25, 0.3) is 0 Å². The molecule has 0 spiro atoms. The maximum Gasteiger partial charge on any atom is 0.150 e. The standard InChI is InChI=1S/C16H26N4O/c1-12-11-14(17-3)19-15(18-12)16(2)7-4-8-20(16)13-5-9-21-10-6-13/h11,13H,4-10H2,1-3H3,(H,17,18,19). The molecule has 0 amide bonds. The van der Waals surface area contributed by atoms with Gasteiger partial charge in [0.25, 0.3) is 0 Å². The van der Waals surface area contributed by atoms with Crippen LogP contribution in [0.4, 0.5) is 5.82 Å². The van der Waals surface area contributed by atoms with Crippen molar-refractivity contribution in [3.63, 3.8) is 0 Å². The predicted molar refractivity (Wildman–Crippen MR) is 83.4 cm³/mol. The topological polar surface area (TPSA) is 50.3 Å². The van der Waals surface area contributed by atoms with Gasteiger partial charge in [-0.05, 0) is 46.1 Å². The van der Waals surface area contributed by atoms with E-state index < -0.39 is 0 Å². The molecule has 2 aliphatic rings. The summed E-state index contributed by atoms with van der Waals surface area (Å²) in [6.07, 6.45) is 4.61. The molecule has 1 N–H and O–H groups in total. The molecule has 2 aliphatic heterocycles. The number of likely N-dealkylation sites (tertiary alicyclic amines) is 1. The zero-order chi connectivity index (χ0) is 14.9. The lowest BCUT2D eigenvalue weighted by Crippen LogP contribution is -2.48. The molecule has 0 bridgehead atoms. The van der Waals surface area contributed by atoms with Crippen LogP contribution >= 0.6 is 0 Å². The maximum absolute atomic E-state index is 5.52. The van der Waals surface area contributed by atoms with Gasteiger partial charge >= 0.3 is 0 Å². The lowest BCUT2D eigenvalue weighted by Gasteiger charge is -2.41. The first kappa shape index (κ1) is 14.7. The predicted octanol–water partition coefficient (Wildman–Crippen LogP) is 2.32. The highest BCUT2D eigenvalue weighted by atomic mass is 16.5. The SMILES string of the molecule is CNc1cc(C)nc(C2(C)CCCN2C2CCOCC2)n1. The van der Waals surface area contributed by atoms with Gasteiger partial charge in [0.1, 0.15) is 5.82 Å². The Hall–Kier alpha value is -1.20. The van der Waals surface area contributed by atoms with E-state index in [0.29, 0.717) is 6.04 Å². The van der Waals surface area contributed by atoms with Crippen molar-refractivity contribution in [1.82, 2.24) is 14.9 Å². The fraction of sp³-hybridized carbons (Fsp3) is 0.750. The Balaban J connectivity index is 1.92. The summed E-state index contributed by atoms with van der Waals surface area (Å²) in [4.78, 5) is 12.1. The average molecular weight is 290 g/mol. The van der Waals surface area contributed by atoms with Crippen molar-refractivity contribution >= 4 is 5.82 Å². The smallest absolute Gasteiger partial charge is 0.150 e. The highest BCUT2D eigenvalue weighted by molar-refractivity contribution is 5.36. The van der Waals surface area contributed by atoms with E-state index in [-0.39, 0.29) is 5.54 Å². The third-order valence-corrected chi connectivity index (χ3v) is 4.92. The molecule has 1 aromatic rings. The third-order valence-electron chi connectivity index (χ3n) is 4.92. The van der Waals surface area contributed by atoms with Crippen LogP contribution in [0, 0.1) is 6.92 Å². The highest BCUT2D eigenvalue weighted by Gasteiger charge is 2.44. The summed E-state index contributed by atoms with van der Waals surface area (Å²) in [5, 5.41) is 3.15. The molecule has 0 aromatic carbocycles. The number of rotatable bonds is 3. The first-order valence-electron chi connectivity index (χ1n) is 8.02. The van der Waals surface area contributed by atoms with E-state index in [2.05, 4.69) is 17.1 Å². The molecule has 116 valence electrons.